The quantitative estimate of drug-likeness (QED) is 0.695. The van der Waals surface area contributed by atoms with E-state index >= 15 is 0 Å². The van der Waals surface area contributed by atoms with Crippen molar-refractivity contribution in [2.45, 2.75) is 33.7 Å². The lowest BCUT2D eigenvalue weighted by Gasteiger charge is -2.12. The van der Waals surface area contributed by atoms with Crippen molar-refractivity contribution in [3.63, 3.8) is 0 Å². The first-order chi connectivity index (χ1) is 9.52. The predicted octanol–water partition coefficient (Wildman–Crippen LogP) is 5.46. The number of thiophene rings is 1. The summed E-state index contributed by atoms with van der Waals surface area (Å²) in [7, 11) is 0. The van der Waals surface area contributed by atoms with Crippen molar-refractivity contribution in [1.29, 1.82) is 0 Å². The minimum Gasteiger partial charge on any atom is -0.355 e. The number of hydrogen-bond acceptors (Lipinski definition) is 4. The van der Waals surface area contributed by atoms with Crippen LogP contribution >= 0.6 is 22.7 Å². The van der Waals surface area contributed by atoms with Crippen LogP contribution in [0.15, 0.2) is 24.3 Å². The van der Waals surface area contributed by atoms with E-state index in [1.54, 1.807) is 11.3 Å². The predicted molar refractivity (Wildman–Crippen MR) is 90.2 cm³/mol. The van der Waals surface area contributed by atoms with E-state index < -0.39 is 0 Å². The van der Waals surface area contributed by atoms with Crippen LogP contribution in [0.1, 0.15) is 33.8 Å². The number of nitrogens with one attached hydrogen (secondary N) is 1. The van der Waals surface area contributed by atoms with Gasteiger partial charge >= 0.3 is 0 Å². The maximum absolute atomic E-state index is 4.69. The Morgan fingerprint density at radius 1 is 1.10 bits per heavy atom. The molecular weight excluding hydrogens is 284 g/mol. The monoisotopic (exact) mass is 302 g/mol. The lowest BCUT2D eigenvalue weighted by Crippen LogP contribution is -2.06. The summed E-state index contributed by atoms with van der Waals surface area (Å²) in [6.45, 7) is 8.65. The molecule has 0 radical (unpaired) electrons. The Bertz CT molecular complexity index is 755. The molecule has 0 saturated heterocycles. The molecule has 2 nitrogen and oxygen atoms in total. The van der Waals surface area contributed by atoms with Gasteiger partial charge in [0.05, 0.1) is 16.3 Å². The van der Waals surface area contributed by atoms with Crippen molar-refractivity contribution < 1.29 is 0 Å². The first-order valence-corrected chi connectivity index (χ1v) is 8.37. The number of aryl methyl sites for hydroxylation is 3. The van der Waals surface area contributed by atoms with Crippen molar-refractivity contribution in [3.8, 4) is 0 Å². The highest BCUT2D eigenvalue weighted by Gasteiger charge is 2.13. The third kappa shape index (κ3) is 2.58. The number of fused-ring (bicyclic) bond motifs is 1. The van der Waals surface area contributed by atoms with Gasteiger partial charge in [0, 0.05) is 9.75 Å². The SMILES string of the molecule is Cc1ccc2sc(NC(C)c3cc(C)sc3C)nc2c1. The van der Waals surface area contributed by atoms with Crippen LogP contribution in [0.25, 0.3) is 10.2 Å². The zero-order chi connectivity index (χ0) is 14.3. The number of benzene rings is 1. The number of anilines is 1. The number of nitrogens with zero attached hydrogens (tertiary/aromatic N) is 1. The lowest BCUT2D eigenvalue weighted by atomic mass is 10.1. The van der Waals surface area contributed by atoms with E-state index in [1.807, 2.05) is 11.3 Å². The van der Waals surface area contributed by atoms with E-state index in [-0.39, 0.29) is 0 Å². The summed E-state index contributed by atoms with van der Waals surface area (Å²) in [4.78, 5) is 7.44. The van der Waals surface area contributed by atoms with E-state index in [0.717, 1.165) is 10.6 Å². The minimum atomic E-state index is 0.293. The lowest BCUT2D eigenvalue weighted by molar-refractivity contribution is 0.879. The molecule has 0 saturated carbocycles. The average Bonchev–Trinajstić information content (AvgIpc) is 2.91. The van der Waals surface area contributed by atoms with Crippen LogP contribution in [-0.4, -0.2) is 4.98 Å². The zero-order valence-corrected chi connectivity index (χ0v) is 13.8. The summed E-state index contributed by atoms with van der Waals surface area (Å²) in [5.74, 6) is 0. The molecule has 1 aromatic carbocycles. The van der Waals surface area contributed by atoms with Crippen LogP contribution in [0.4, 0.5) is 5.13 Å². The molecule has 1 N–H and O–H groups in total. The second-order valence-corrected chi connectivity index (χ2v) is 7.72. The maximum atomic E-state index is 4.69. The number of rotatable bonds is 3. The van der Waals surface area contributed by atoms with E-state index in [4.69, 9.17) is 0 Å². The largest absolute Gasteiger partial charge is 0.355 e. The summed E-state index contributed by atoms with van der Waals surface area (Å²) < 4.78 is 1.24. The normalized spacial score (nSPS) is 12.8. The van der Waals surface area contributed by atoms with Crippen LogP contribution in [-0.2, 0) is 0 Å². The molecule has 0 spiro atoms. The molecule has 3 aromatic rings. The standard InChI is InChI=1S/C16H18N2S2/c1-9-5-6-15-14(7-9)18-16(20-15)17-11(3)13-8-10(2)19-12(13)4/h5-8,11H,1-4H3,(H,17,18). The summed E-state index contributed by atoms with van der Waals surface area (Å²) in [5.41, 5.74) is 3.72. The Balaban J connectivity index is 1.87. The summed E-state index contributed by atoms with van der Waals surface area (Å²) in [6.07, 6.45) is 0. The van der Waals surface area contributed by atoms with Gasteiger partial charge in [0.25, 0.3) is 0 Å². The second kappa shape index (κ2) is 5.19. The minimum absolute atomic E-state index is 0.293. The molecule has 2 aromatic heterocycles. The fraction of sp³-hybridized carbons (Fsp3) is 0.312. The van der Waals surface area contributed by atoms with Crippen LogP contribution in [0.2, 0.25) is 0 Å². The molecule has 0 aliphatic heterocycles. The van der Waals surface area contributed by atoms with Gasteiger partial charge in [-0.2, -0.15) is 0 Å². The Kier molecular flexibility index (Phi) is 3.52. The van der Waals surface area contributed by atoms with Crippen molar-refractivity contribution in [2.75, 3.05) is 5.32 Å². The van der Waals surface area contributed by atoms with Gasteiger partial charge < -0.3 is 5.32 Å². The smallest absolute Gasteiger partial charge is 0.184 e. The van der Waals surface area contributed by atoms with Gasteiger partial charge in [0.2, 0.25) is 0 Å². The first kappa shape index (κ1) is 13.6. The molecular formula is C16H18N2S2. The fourth-order valence-corrected chi connectivity index (χ4v) is 4.40. The van der Waals surface area contributed by atoms with Crippen molar-refractivity contribution >= 4 is 38.0 Å². The average molecular weight is 302 g/mol. The van der Waals surface area contributed by atoms with E-state index in [1.165, 1.54) is 25.6 Å². The van der Waals surface area contributed by atoms with Crippen molar-refractivity contribution in [1.82, 2.24) is 4.98 Å². The maximum Gasteiger partial charge on any atom is 0.184 e. The summed E-state index contributed by atoms with van der Waals surface area (Å²) in [6, 6.07) is 9.00. The molecule has 2 heterocycles. The van der Waals surface area contributed by atoms with E-state index in [2.05, 4.69) is 62.3 Å². The number of thiazole rings is 1. The Labute approximate surface area is 127 Å². The Hall–Kier alpha value is -1.39. The van der Waals surface area contributed by atoms with Gasteiger partial charge in [-0.3, -0.25) is 0 Å². The van der Waals surface area contributed by atoms with Crippen molar-refractivity contribution in [2.24, 2.45) is 0 Å². The van der Waals surface area contributed by atoms with E-state index in [0.29, 0.717) is 6.04 Å². The molecule has 0 bridgehead atoms. The Morgan fingerprint density at radius 3 is 2.60 bits per heavy atom. The molecule has 0 aliphatic rings. The highest BCUT2D eigenvalue weighted by atomic mass is 32.1. The van der Waals surface area contributed by atoms with Crippen LogP contribution in [0.5, 0.6) is 0 Å². The zero-order valence-electron chi connectivity index (χ0n) is 12.2. The molecule has 3 rings (SSSR count). The third-order valence-electron chi connectivity index (χ3n) is 3.43. The highest BCUT2D eigenvalue weighted by Crippen LogP contribution is 2.32. The first-order valence-electron chi connectivity index (χ1n) is 6.73. The van der Waals surface area contributed by atoms with Gasteiger partial charge in [-0.1, -0.05) is 17.4 Å². The number of hydrogen-bond donors (Lipinski definition) is 1. The van der Waals surface area contributed by atoms with Crippen LogP contribution in [0, 0.1) is 20.8 Å². The van der Waals surface area contributed by atoms with Gasteiger partial charge in [-0.05, 0) is 57.0 Å². The van der Waals surface area contributed by atoms with Crippen LogP contribution < -0.4 is 5.32 Å². The van der Waals surface area contributed by atoms with E-state index in [9.17, 15) is 0 Å². The third-order valence-corrected chi connectivity index (χ3v) is 5.38. The topological polar surface area (TPSA) is 24.9 Å². The molecule has 0 amide bonds. The van der Waals surface area contributed by atoms with Gasteiger partial charge in [-0.25, -0.2) is 4.98 Å². The molecule has 20 heavy (non-hydrogen) atoms. The van der Waals surface area contributed by atoms with Crippen molar-refractivity contribution in [3.05, 3.63) is 45.1 Å². The second-order valence-electron chi connectivity index (χ2n) is 5.22. The molecule has 1 atom stereocenters. The van der Waals surface area contributed by atoms with Gasteiger partial charge in [-0.15, -0.1) is 11.3 Å². The molecule has 4 heteroatoms. The highest BCUT2D eigenvalue weighted by molar-refractivity contribution is 7.22. The summed E-state index contributed by atoms with van der Waals surface area (Å²) >= 11 is 3.58. The molecule has 0 fully saturated rings. The summed E-state index contributed by atoms with van der Waals surface area (Å²) in [5, 5.41) is 4.54. The number of aromatic nitrogens is 1. The van der Waals surface area contributed by atoms with Gasteiger partial charge in [0.15, 0.2) is 5.13 Å². The molecule has 1 unspecified atom stereocenters. The molecule has 104 valence electrons. The van der Waals surface area contributed by atoms with Gasteiger partial charge in [0.1, 0.15) is 0 Å². The Morgan fingerprint density at radius 2 is 1.90 bits per heavy atom. The fourth-order valence-electron chi connectivity index (χ4n) is 2.44. The van der Waals surface area contributed by atoms with Crippen LogP contribution in [0.3, 0.4) is 0 Å². The molecule has 0 aliphatic carbocycles.